The van der Waals surface area contributed by atoms with Crippen molar-refractivity contribution in [3.63, 3.8) is 0 Å². The Hall–Kier alpha value is -1.19. The van der Waals surface area contributed by atoms with Gasteiger partial charge in [-0.3, -0.25) is 4.79 Å². The first-order valence-electron chi connectivity index (χ1n) is 6.00. The van der Waals surface area contributed by atoms with Crippen molar-refractivity contribution in [2.75, 3.05) is 13.2 Å². The van der Waals surface area contributed by atoms with Crippen LogP contribution < -0.4 is 0 Å². The van der Waals surface area contributed by atoms with E-state index in [-0.39, 0.29) is 5.78 Å². The molecule has 1 aromatic carbocycles. The molecule has 3 nitrogen and oxygen atoms in total. The minimum Gasteiger partial charge on any atom is -0.373 e. The Kier molecular flexibility index (Phi) is 3.92. The Labute approximate surface area is 102 Å². The van der Waals surface area contributed by atoms with Crippen molar-refractivity contribution in [1.82, 2.24) is 0 Å². The van der Waals surface area contributed by atoms with Crippen LogP contribution in [-0.2, 0) is 20.9 Å². The molecule has 1 aliphatic rings. The van der Waals surface area contributed by atoms with E-state index in [1.54, 1.807) is 6.92 Å². The van der Waals surface area contributed by atoms with Crippen LogP contribution in [-0.4, -0.2) is 24.6 Å². The highest BCUT2D eigenvalue weighted by Crippen LogP contribution is 2.27. The van der Waals surface area contributed by atoms with Gasteiger partial charge in [-0.05, 0) is 25.3 Å². The zero-order valence-corrected chi connectivity index (χ0v) is 10.1. The first-order valence-corrected chi connectivity index (χ1v) is 6.00. The van der Waals surface area contributed by atoms with Crippen molar-refractivity contribution in [3.05, 3.63) is 35.9 Å². The average Bonchev–Trinajstić information content (AvgIpc) is 2.80. The van der Waals surface area contributed by atoms with Crippen molar-refractivity contribution in [3.8, 4) is 0 Å². The Balaban J connectivity index is 1.87. The molecule has 1 atom stereocenters. The van der Waals surface area contributed by atoms with Crippen molar-refractivity contribution < 1.29 is 14.3 Å². The number of hydrogen-bond donors (Lipinski definition) is 0. The van der Waals surface area contributed by atoms with Crippen LogP contribution in [0.5, 0.6) is 0 Å². The highest BCUT2D eigenvalue weighted by Gasteiger charge is 2.40. The summed E-state index contributed by atoms with van der Waals surface area (Å²) < 4.78 is 11.2. The van der Waals surface area contributed by atoms with Gasteiger partial charge in [0.1, 0.15) is 5.60 Å². The van der Waals surface area contributed by atoms with Crippen LogP contribution in [0.3, 0.4) is 0 Å². The average molecular weight is 234 g/mol. The Morgan fingerprint density at radius 2 is 2.18 bits per heavy atom. The molecule has 1 saturated heterocycles. The second kappa shape index (κ2) is 5.43. The van der Waals surface area contributed by atoms with E-state index in [4.69, 9.17) is 9.47 Å². The summed E-state index contributed by atoms with van der Waals surface area (Å²) >= 11 is 0. The fourth-order valence-electron chi connectivity index (χ4n) is 2.10. The molecule has 0 amide bonds. The highest BCUT2D eigenvalue weighted by molar-refractivity contribution is 5.85. The topological polar surface area (TPSA) is 35.5 Å². The van der Waals surface area contributed by atoms with Gasteiger partial charge < -0.3 is 9.47 Å². The molecule has 0 aromatic heterocycles. The third kappa shape index (κ3) is 2.93. The number of carbonyl (C=O) groups is 1. The molecule has 2 rings (SSSR count). The molecule has 0 bridgehead atoms. The lowest BCUT2D eigenvalue weighted by atomic mass is 9.97. The zero-order chi connectivity index (χ0) is 12.1. The van der Waals surface area contributed by atoms with E-state index < -0.39 is 5.60 Å². The van der Waals surface area contributed by atoms with Gasteiger partial charge in [-0.2, -0.15) is 0 Å². The fraction of sp³-hybridized carbons (Fsp3) is 0.500. The number of Topliss-reactive ketones (excluding diaryl/α,β-unsaturated/α-hetero) is 1. The van der Waals surface area contributed by atoms with Gasteiger partial charge in [0.2, 0.25) is 0 Å². The summed E-state index contributed by atoms with van der Waals surface area (Å²) in [7, 11) is 0. The van der Waals surface area contributed by atoms with Gasteiger partial charge in [0.05, 0.1) is 13.2 Å². The van der Waals surface area contributed by atoms with Crippen LogP contribution in [0.1, 0.15) is 25.3 Å². The molecule has 0 N–H and O–H groups in total. The first kappa shape index (κ1) is 12.3. The van der Waals surface area contributed by atoms with Gasteiger partial charge in [-0.1, -0.05) is 30.3 Å². The monoisotopic (exact) mass is 234 g/mol. The number of benzene rings is 1. The molecular formula is C14H18O3. The van der Waals surface area contributed by atoms with Crippen LogP contribution >= 0.6 is 0 Å². The SMILES string of the molecule is CC(=O)C1(COCc2ccccc2)CCCO1. The normalized spacial score (nSPS) is 23.8. The molecule has 17 heavy (non-hydrogen) atoms. The van der Waals surface area contributed by atoms with Crippen LogP contribution in [0.25, 0.3) is 0 Å². The molecule has 1 heterocycles. The number of carbonyl (C=O) groups excluding carboxylic acids is 1. The third-order valence-corrected chi connectivity index (χ3v) is 3.19. The van der Waals surface area contributed by atoms with Gasteiger partial charge in [-0.25, -0.2) is 0 Å². The minimum atomic E-state index is -0.686. The van der Waals surface area contributed by atoms with E-state index in [1.807, 2.05) is 30.3 Å². The number of ether oxygens (including phenoxy) is 2. The van der Waals surface area contributed by atoms with Crippen LogP contribution in [0.15, 0.2) is 30.3 Å². The second-order valence-corrected chi connectivity index (χ2v) is 4.48. The quantitative estimate of drug-likeness (QED) is 0.784. The molecule has 0 aliphatic carbocycles. The van der Waals surface area contributed by atoms with E-state index in [0.29, 0.717) is 19.8 Å². The maximum absolute atomic E-state index is 11.6. The smallest absolute Gasteiger partial charge is 0.163 e. The van der Waals surface area contributed by atoms with Crippen LogP contribution in [0, 0.1) is 0 Å². The van der Waals surface area contributed by atoms with Gasteiger partial charge in [0.15, 0.2) is 5.78 Å². The standard InChI is InChI=1S/C14H18O3/c1-12(15)14(8-5-9-17-14)11-16-10-13-6-3-2-4-7-13/h2-4,6-7H,5,8-11H2,1H3. The third-order valence-electron chi connectivity index (χ3n) is 3.19. The summed E-state index contributed by atoms with van der Waals surface area (Å²) in [6.07, 6.45) is 1.71. The maximum Gasteiger partial charge on any atom is 0.163 e. The Morgan fingerprint density at radius 1 is 1.41 bits per heavy atom. The number of ketones is 1. The summed E-state index contributed by atoms with van der Waals surface area (Å²) in [4.78, 5) is 11.6. The maximum atomic E-state index is 11.6. The van der Waals surface area contributed by atoms with Gasteiger partial charge in [0.25, 0.3) is 0 Å². The van der Waals surface area contributed by atoms with E-state index >= 15 is 0 Å². The molecule has 1 unspecified atom stereocenters. The summed E-state index contributed by atoms with van der Waals surface area (Å²) in [5, 5.41) is 0. The predicted molar refractivity (Wildman–Crippen MR) is 64.7 cm³/mol. The van der Waals surface area contributed by atoms with Crippen LogP contribution in [0.2, 0.25) is 0 Å². The molecule has 0 saturated carbocycles. The van der Waals surface area contributed by atoms with E-state index in [9.17, 15) is 4.79 Å². The molecule has 0 radical (unpaired) electrons. The molecule has 0 spiro atoms. The lowest BCUT2D eigenvalue weighted by Gasteiger charge is -2.24. The van der Waals surface area contributed by atoms with E-state index in [2.05, 4.69) is 0 Å². The molecular weight excluding hydrogens is 216 g/mol. The van der Waals surface area contributed by atoms with Gasteiger partial charge in [0, 0.05) is 6.61 Å². The first-order chi connectivity index (χ1) is 8.23. The Morgan fingerprint density at radius 3 is 2.76 bits per heavy atom. The number of hydrogen-bond acceptors (Lipinski definition) is 3. The summed E-state index contributed by atoms with van der Waals surface area (Å²) in [5.74, 6) is 0.0723. The number of rotatable bonds is 5. The summed E-state index contributed by atoms with van der Waals surface area (Å²) in [6, 6.07) is 9.95. The summed E-state index contributed by atoms with van der Waals surface area (Å²) in [6.45, 7) is 3.13. The Bertz CT molecular complexity index is 366. The molecule has 1 fully saturated rings. The lowest BCUT2D eigenvalue weighted by Crippen LogP contribution is -2.41. The minimum absolute atomic E-state index is 0.0723. The van der Waals surface area contributed by atoms with Crippen molar-refractivity contribution in [2.24, 2.45) is 0 Å². The summed E-state index contributed by atoms with van der Waals surface area (Å²) in [5.41, 5.74) is 0.429. The largest absolute Gasteiger partial charge is 0.373 e. The van der Waals surface area contributed by atoms with Crippen LogP contribution in [0.4, 0.5) is 0 Å². The predicted octanol–water partition coefficient (Wildman–Crippen LogP) is 2.34. The molecule has 1 aromatic rings. The zero-order valence-electron chi connectivity index (χ0n) is 10.1. The van der Waals surface area contributed by atoms with Crippen molar-refractivity contribution in [2.45, 2.75) is 32.0 Å². The van der Waals surface area contributed by atoms with Crippen molar-refractivity contribution in [1.29, 1.82) is 0 Å². The highest BCUT2D eigenvalue weighted by atomic mass is 16.5. The van der Waals surface area contributed by atoms with Crippen molar-refractivity contribution >= 4 is 5.78 Å². The second-order valence-electron chi connectivity index (χ2n) is 4.48. The van der Waals surface area contributed by atoms with E-state index in [0.717, 1.165) is 18.4 Å². The fourth-order valence-corrected chi connectivity index (χ4v) is 2.10. The molecule has 92 valence electrons. The van der Waals surface area contributed by atoms with Gasteiger partial charge in [-0.15, -0.1) is 0 Å². The molecule has 3 heteroatoms. The van der Waals surface area contributed by atoms with E-state index in [1.165, 1.54) is 0 Å². The molecule has 1 aliphatic heterocycles. The lowest BCUT2D eigenvalue weighted by molar-refractivity contribution is -0.144. The van der Waals surface area contributed by atoms with Gasteiger partial charge >= 0.3 is 0 Å².